The molecule has 2 fully saturated rings. The van der Waals surface area contributed by atoms with Gasteiger partial charge in [0.15, 0.2) is 6.61 Å². The fraction of sp³-hybridized carbons (Fsp3) is 0.409. The van der Waals surface area contributed by atoms with E-state index in [0.717, 1.165) is 25.9 Å². The van der Waals surface area contributed by atoms with Gasteiger partial charge < -0.3 is 19.3 Å². The molecule has 152 valence electrons. The van der Waals surface area contributed by atoms with Crippen molar-refractivity contribution in [3.8, 4) is 11.5 Å². The summed E-state index contributed by atoms with van der Waals surface area (Å²) in [5.41, 5.74) is 0. The van der Waals surface area contributed by atoms with E-state index in [9.17, 15) is 9.59 Å². The van der Waals surface area contributed by atoms with Crippen molar-refractivity contribution in [2.24, 2.45) is 0 Å². The molecule has 1 aromatic heterocycles. The number of hydrogen-bond acceptors (Lipinski definition) is 5. The second-order valence-corrected chi connectivity index (χ2v) is 7.36. The molecule has 2 atom stereocenters. The Labute approximate surface area is 170 Å². The molecule has 0 bridgehead atoms. The second kappa shape index (κ2) is 8.94. The highest BCUT2D eigenvalue weighted by Crippen LogP contribution is 2.26. The Morgan fingerprint density at radius 3 is 2.52 bits per heavy atom. The molecule has 0 unspecified atom stereocenters. The molecule has 2 aliphatic rings. The van der Waals surface area contributed by atoms with Crippen LogP contribution in [0.3, 0.4) is 0 Å². The molecule has 2 saturated heterocycles. The van der Waals surface area contributed by atoms with Crippen LogP contribution < -0.4 is 9.47 Å². The fourth-order valence-electron chi connectivity index (χ4n) is 3.89. The number of carbonyl (C=O) groups is 2. The lowest BCUT2D eigenvalue weighted by Crippen LogP contribution is -2.48. The standard InChI is InChI=1S/C22H25N3O4/c26-21(16-28-17-7-2-1-3-8-17)25-15-19(29-18-9-6-10-23-14-18)13-20(25)22(27)24-11-4-5-12-24/h1-3,6-10,14,19-20H,4-5,11-13,15-16H2/t19-,20-/m0/s1. The summed E-state index contributed by atoms with van der Waals surface area (Å²) in [6.45, 7) is 1.77. The number of amides is 2. The second-order valence-electron chi connectivity index (χ2n) is 7.36. The van der Waals surface area contributed by atoms with Gasteiger partial charge in [0.2, 0.25) is 5.91 Å². The highest BCUT2D eigenvalue weighted by atomic mass is 16.5. The maximum absolute atomic E-state index is 13.1. The van der Waals surface area contributed by atoms with E-state index in [1.54, 1.807) is 35.5 Å². The van der Waals surface area contributed by atoms with Crippen molar-refractivity contribution in [2.75, 3.05) is 26.2 Å². The zero-order valence-corrected chi connectivity index (χ0v) is 16.3. The van der Waals surface area contributed by atoms with Gasteiger partial charge in [-0.15, -0.1) is 0 Å². The number of carbonyl (C=O) groups excluding carboxylic acids is 2. The van der Waals surface area contributed by atoms with E-state index in [1.165, 1.54) is 0 Å². The van der Waals surface area contributed by atoms with Crippen molar-refractivity contribution >= 4 is 11.8 Å². The molecule has 3 heterocycles. The lowest BCUT2D eigenvalue weighted by molar-refractivity contribution is -0.144. The molecule has 0 spiro atoms. The van der Waals surface area contributed by atoms with Crippen LogP contribution in [-0.4, -0.2) is 65.0 Å². The van der Waals surface area contributed by atoms with Crippen LogP contribution in [0.15, 0.2) is 54.9 Å². The van der Waals surface area contributed by atoms with Crippen LogP contribution in [0.1, 0.15) is 19.3 Å². The largest absolute Gasteiger partial charge is 0.487 e. The van der Waals surface area contributed by atoms with E-state index in [1.807, 2.05) is 29.2 Å². The lowest BCUT2D eigenvalue weighted by atomic mass is 10.1. The minimum Gasteiger partial charge on any atom is -0.487 e. The number of pyridine rings is 1. The first kappa shape index (κ1) is 19.2. The smallest absolute Gasteiger partial charge is 0.261 e. The third kappa shape index (κ3) is 4.67. The molecule has 0 aliphatic carbocycles. The molecule has 0 saturated carbocycles. The van der Waals surface area contributed by atoms with Crippen molar-refractivity contribution in [3.05, 3.63) is 54.9 Å². The van der Waals surface area contributed by atoms with Gasteiger partial charge in [-0.3, -0.25) is 14.6 Å². The number of nitrogens with zero attached hydrogens (tertiary/aromatic N) is 3. The van der Waals surface area contributed by atoms with E-state index in [-0.39, 0.29) is 24.5 Å². The first-order valence-corrected chi connectivity index (χ1v) is 10.0. The van der Waals surface area contributed by atoms with E-state index in [2.05, 4.69) is 4.98 Å². The van der Waals surface area contributed by atoms with Gasteiger partial charge in [-0.05, 0) is 37.1 Å². The minimum atomic E-state index is -0.512. The first-order chi connectivity index (χ1) is 14.2. The molecule has 7 nitrogen and oxygen atoms in total. The van der Waals surface area contributed by atoms with Gasteiger partial charge in [0, 0.05) is 25.7 Å². The number of aromatic nitrogens is 1. The van der Waals surface area contributed by atoms with Crippen molar-refractivity contribution in [1.29, 1.82) is 0 Å². The van der Waals surface area contributed by atoms with E-state index in [0.29, 0.717) is 24.5 Å². The summed E-state index contributed by atoms with van der Waals surface area (Å²) in [4.78, 5) is 33.5. The molecule has 0 N–H and O–H groups in total. The third-order valence-corrected chi connectivity index (χ3v) is 5.33. The fourth-order valence-corrected chi connectivity index (χ4v) is 3.89. The lowest BCUT2D eigenvalue weighted by Gasteiger charge is -2.27. The van der Waals surface area contributed by atoms with Gasteiger partial charge in [0.05, 0.1) is 12.7 Å². The number of para-hydroxylation sites is 1. The Morgan fingerprint density at radius 1 is 1.03 bits per heavy atom. The van der Waals surface area contributed by atoms with Crippen LogP contribution in [0.5, 0.6) is 11.5 Å². The number of likely N-dealkylation sites (tertiary alicyclic amines) is 2. The summed E-state index contributed by atoms with van der Waals surface area (Å²) in [5.74, 6) is 1.07. The molecular weight excluding hydrogens is 370 g/mol. The highest BCUT2D eigenvalue weighted by molar-refractivity contribution is 5.89. The van der Waals surface area contributed by atoms with E-state index < -0.39 is 6.04 Å². The summed E-state index contributed by atoms with van der Waals surface area (Å²) in [7, 11) is 0. The normalized spacial score (nSPS) is 21.2. The monoisotopic (exact) mass is 395 g/mol. The Balaban J connectivity index is 1.44. The molecule has 7 heteroatoms. The van der Waals surface area contributed by atoms with Gasteiger partial charge in [0.1, 0.15) is 23.6 Å². The van der Waals surface area contributed by atoms with Crippen LogP contribution in [0.25, 0.3) is 0 Å². The summed E-state index contributed by atoms with van der Waals surface area (Å²) in [6.07, 6.45) is 5.56. The molecular formula is C22H25N3O4. The van der Waals surface area contributed by atoms with Crippen LogP contribution >= 0.6 is 0 Å². The number of hydrogen-bond donors (Lipinski definition) is 0. The molecule has 2 aromatic rings. The van der Waals surface area contributed by atoms with Gasteiger partial charge in [0.25, 0.3) is 5.91 Å². The number of ether oxygens (including phenoxy) is 2. The minimum absolute atomic E-state index is 0.00727. The summed E-state index contributed by atoms with van der Waals surface area (Å²) >= 11 is 0. The van der Waals surface area contributed by atoms with Gasteiger partial charge in [-0.25, -0.2) is 0 Å². The zero-order chi connectivity index (χ0) is 20.1. The first-order valence-electron chi connectivity index (χ1n) is 10.0. The van der Waals surface area contributed by atoms with E-state index >= 15 is 0 Å². The van der Waals surface area contributed by atoms with Crippen LogP contribution in [0.4, 0.5) is 0 Å². The van der Waals surface area contributed by atoms with Crippen LogP contribution in [-0.2, 0) is 9.59 Å². The van der Waals surface area contributed by atoms with Gasteiger partial charge in [-0.2, -0.15) is 0 Å². The number of benzene rings is 1. The van der Waals surface area contributed by atoms with Crippen molar-refractivity contribution in [1.82, 2.24) is 14.8 Å². The maximum atomic E-state index is 13.1. The van der Waals surface area contributed by atoms with Gasteiger partial charge >= 0.3 is 0 Å². The van der Waals surface area contributed by atoms with Crippen molar-refractivity contribution in [3.63, 3.8) is 0 Å². The predicted octanol–water partition coefficient (Wildman–Crippen LogP) is 2.13. The van der Waals surface area contributed by atoms with Crippen LogP contribution in [0.2, 0.25) is 0 Å². The van der Waals surface area contributed by atoms with Crippen molar-refractivity contribution < 1.29 is 19.1 Å². The average Bonchev–Trinajstić information content (AvgIpc) is 3.43. The Kier molecular flexibility index (Phi) is 5.93. The Hall–Kier alpha value is -3.09. The Bertz CT molecular complexity index is 824. The average molecular weight is 395 g/mol. The topological polar surface area (TPSA) is 72.0 Å². The summed E-state index contributed by atoms with van der Waals surface area (Å²) < 4.78 is 11.6. The molecule has 1 aromatic carbocycles. The quantitative estimate of drug-likeness (QED) is 0.749. The van der Waals surface area contributed by atoms with Crippen LogP contribution in [0, 0.1) is 0 Å². The SMILES string of the molecule is O=C([C@@H]1C[C@H](Oc2cccnc2)CN1C(=O)COc1ccccc1)N1CCCC1. The predicted molar refractivity (Wildman–Crippen MR) is 107 cm³/mol. The molecule has 29 heavy (non-hydrogen) atoms. The maximum Gasteiger partial charge on any atom is 0.261 e. The van der Waals surface area contributed by atoms with Crippen molar-refractivity contribution in [2.45, 2.75) is 31.4 Å². The molecule has 2 aliphatic heterocycles. The molecule has 2 amide bonds. The molecule has 0 radical (unpaired) electrons. The highest BCUT2D eigenvalue weighted by Gasteiger charge is 2.42. The third-order valence-electron chi connectivity index (χ3n) is 5.33. The summed E-state index contributed by atoms with van der Waals surface area (Å²) in [6, 6.07) is 12.3. The summed E-state index contributed by atoms with van der Waals surface area (Å²) in [5, 5.41) is 0. The Morgan fingerprint density at radius 2 is 1.79 bits per heavy atom. The van der Waals surface area contributed by atoms with E-state index in [4.69, 9.17) is 9.47 Å². The van der Waals surface area contributed by atoms with Gasteiger partial charge in [-0.1, -0.05) is 18.2 Å². The zero-order valence-electron chi connectivity index (χ0n) is 16.3. The number of rotatable bonds is 6. The molecule has 4 rings (SSSR count).